The van der Waals surface area contributed by atoms with Crippen LogP contribution in [0.15, 0.2) is 24.3 Å². The van der Waals surface area contributed by atoms with Gasteiger partial charge in [-0.3, -0.25) is 14.5 Å². The van der Waals surface area contributed by atoms with E-state index in [-0.39, 0.29) is 11.8 Å². The van der Waals surface area contributed by atoms with Gasteiger partial charge in [0.2, 0.25) is 0 Å². The van der Waals surface area contributed by atoms with Crippen LogP contribution in [0.3, 0.4) is 0 Å². The third kappa shape index (κ3) is 2.48. The number of hydrogen-bond acceptors (Lipinski definition) is 3. The van der Waals surface area contributed by atoms with Crippen LogP contribution in [0.5, 0.6) is 0 Å². The molecule has 106 valence electrons. The average molecular weight is 272 g/mol. The first-order valence-corrected chi connectivity index (χ1v) is 7.45. The second-order valence-corrected chi connectivity index (χ2v) is 5.56. The summed E-state index contributed by atoms with van der Waals surface area (Å²) in [5.41, 5.74) is 1.10. The Morgan fingerprint density at radius 1 is 0.850 bits per heavy atom. The number of hydrogen-bond donors (Lipinski definition) is 0. The molecule has 0 spiro atoms. The van der Waals surface area contributed by atoms with Crippen LogP contribution < -0.4 is 0 Å². The smallest absolute Gasteiger partial charge is 0.261 e. The number of likely N-dealkylation sites (tertiary alicyclic amines) is 1. The van der Waals surface area contributed by atoms with Gasteiger partial charge in [-0.1, -0.05) is 18.6 Å². The molecule has 1 saturated heterocycles. The quantitative estimate of drug-likeness (QED) is 0.789. The summed E-state index contributed by atoms with van der Waals surface area (Å²) in [6.07, 6.45) is 4.74. The van der Waals surface area contributed by atoms with Crippen molar-refractivity contribution >= 4 is 11.8 Å². The van der Waals surface area contributed by atoms with E-state index in [1.54, 1.807) is 24.3 Å². The molecule has 0 aliphatic carbocycles. The number of piperidine rings is 1. The number of amides is 2. The molecular formula is C16H20N2O2. The second kappa shape index (κ2) is 5.75. The third-order valence-electron chi connectivity index (χ3n) is 4.18. The Morgan fingerprint density at radius 3 is 2.05 bits per heavy atom. The van der Waals surface area contributed by atoms with Crippen molar-refractivity contribution in [3.63, 3.8) is 0 Å². The standard InChI is InChI=1S/C16H20N2O2/c19-15-13-7-2-3-8-14(13)16(20)18(15)12-6-11-17-9-4-1-5-10-17/h2-3,7-8H,1,4-6,9-12H2. The van der Waals surface area contributed by atoms with Crippen LogP contribution >= 0.6 is 0 Å². The van der Waals surface area contributed by atoms with Crippen molar-refractivity contribution in [1.82, 2.24) is 9.80 Å². The van der Waals surface area contributed by atoms with E-state index in [0.29, 0.717) is 17.7 Å². The van der Waals surface area contributed by atoms with Gasteiger partial charge in [-0.2, -0.15) is 0 Å². The van der Waals surface area contributed by atoms with Gasteiger partial charge in [0.05, 0.1) is 11.1 Å². The number of imide groups is 1. The maximum Gasteiger partial charge on any atom is 0.261 e. The second-order valence-electron chi connectivity index (χ2n) is 5.56. The van der Waals surface area contributed by atoms with Gasteiger partial charge >= 0.3 is 0 Å². The first-order chi connectivity index (χ1) is 9.77. The molecule has 4 heteroatoms. The van der Waals surface area contributed by atoms with Crippen LogP contribution in [0.1, 0.15) is 46.4 Å². The van der Waals surface area contributed by atoms with E-state index in [1.165, 1.54) is 24.2 Å². The number of fused-ring (bicyclic) bond motifs is 1. The fourth-order valence-corrected chi connectivity index (χ4v) is 3.08. The molecule has 1 fully saturated rings. The lowest BCUT2D eigenvalue weighted by atomic mass is 10.1. The minimum Gasteiger partial charge on any atom is -0.303 e. The number of benzene rings is 1. The first kappa shape index (κ1) is 13.3. The van der Waals surface area contributed by atoms with Crippen molar-refractivity contribution in [2.45, 2.75) is 25.7 Å². The molecule has 0 saturated carbocycles. The van der Waals surface area contributed by atoms with Crippen LogP contribution in [0.4, 0.5) is 0 Å². The van der Waals surface area contributed by atoms with E-state index in [2.05, 4.69) is 4.90 Å². The molecule has 20 heavy (non-hydrogen) atoms. The van der Waals surface area contributed by atoms with E-state index < -0.39 is 0 Å². The molecule has 1 aromatic carbocycles. The van der Waals surface area contributed by atoms with E-state index in [1.807, 2.05) is 0 Å². The Kier molecular flexibility index (Phi) is 3.83. The van der Waals surface area contributed by atoms with Crippen LogP contribution in [-0.2, 0) is 0 Å². The predicted octanol–water partition coefficient (Wildman–Crippen LogP) is 2.16. The maximum absolute atomic E-state index is 12.2. The number of nitrogens with zero attached hydrogens (tertiary/aromatic N) is 2. The monoisotopic (exact) mass is 272 g/mol. The van der Waals surface area contributed by atoms with Gasteiger partial charge in [-0.15, -0.1) is 0 Å². The molecule has 1 aromatic rings. The minimum absolute atomic E-state index is 0.135. The topological polar surface area (TPSA) is 40.6 Å². The lowest BCUT2D eigenvalue weighted by molar-refractivity contribution is 0.0646. The highest BCUT2D eigenvalue weighted by molar-refractivity contribution is 6.21. The normalized spacial score (nSPS) is 19.5. The Labute approximate surface area is 119 Å². The lowest BCUT2D eigenvalue weighted by Gasteiger charge is -2.26. The molecule has 3 rings (SSSR count). The van der Waals surface area contributed by atoms with Gasteiger partial charge in [0.25, 0.3) is 11.8 Å². The molecule has 2 heterocycles. The zero-order valence-electron chi connectivity index (χ0n) is 11.7. The average Bonchev–Trinajstić information content (AvgIpc) is 2.74. The van der Waals surface area contributed by atoms with Crippen molar-refractivity contribution in [2.75, 3.05) is 26.2 Å². The highest BCUT2D eigenvalue weighted by Crippen LogP contribution is 2.22. The summed E-state index contributed by atoms with van der Waals surface area (Å²) in [7, 11) is 0. The molecule has 2 aliphatic rings. The Morgan fingerprint density at radius 2 is 1.45 bits per heavy atom. The summed E-state index contributed by atoms with van der Waals surface area (Å²) in [6.45, 7) is 3.82. The van der Waals surface area contributed by atoms with Gasteiger partial charge in [0, 0.05) is 6.54 Å². The van der Waals surface area contributed by atoms with Crippen molar-refractivity contribution in [3.8, 4) is 0 Å². The van der Waals surface area contributed by atoms with Gasteiger partial charge in [-0.05, 0) is 51.0 Å². The fraction of sp³-hybridized carbons (Fsp3) is 0.500. The molecule has 2 aliphatic heterocycles. The summed E-state index contributed by atoms with van der Waals surface area (Å²) in [5.74, 6) is -0.270. The Bertz CT molecular complexity index is 486. The summed E-state index contributed by atoms with van der Waals surface area (Å²) < 4.78 is 0. The summed E-state index contributed by atoms with van der Waals surface area (Å²) in [5, 5.41) is 0. The largest absolute Gasteiger partial charge is 0.303 e. The fourth-order valence-electron chi connectivity index (χ4n) is 3.08. The molecule has 2 amide bonds. The summed E-state index contributed by atoms with van der Waals surface area (Å²) >= 11 is 0. The van der Waals surface area contributed by atoms with Crippen LogP contribution in [0.2, 0.25) is 0 Å². The third-order valence-corrected chi connectivity index (χ3v) is 4.18. The molecule has 0 bridgehead atoms. The van der Waals surface area contributed by atoms with Gasteiger partial charge in [-0.25, -0.2) is 0 Å². The van der Waals surface area contributed by atoms with E-state index in [0.717, 1.165) is 26.1 Å². The number of carbonyl (C=O) groups excluding carboxylic acids is 2. The Hall–Kier alpha value is -1.68. The van der Waals surface area contributed by atoms with E-state index >= 15 is 0 Å². The minimum atomic E-state index is -0.135. The van der Waals surface area contributed by atoms with E-state index in [9.17, 15) is 9.59 Å². The highest BCUT2D eigenvalue weighted by Gasteiger charge is 2.34. The van der Waals surface area contributed by atoms with Gasteiger partial charge in [0.1, 0.15) is 0 Å². The molecule has 4 nitrogen and oxygen atoms in total. The first-order valence-electron chi connectivity index (χ1n) is 7.45. The van der Waals surface area contributed by atoms with Crippen molar-refractivity contribution in [3.05, 3.63) is 35.4 Å². The highest BCUT2D eigenvalue weighted by atomic mass is 16.2. The molecule has 0 radical (unpaired) electrons. The summed E-state index contributed by atoms with van der Waals surface area (Å²) in [4.78, 5) is 28.2. The van der Waals surface area contributed by atoms with Crippen LogP contribution in [0.25, 0.3) is 0 Å². The van der Waals surface area contributed by atoms with Gasteiger partial charge < -0.3 is 4.90 Å². The van der Waals surface area contributed by atoms with Crippen molar-refractivity contribution in [2.24, 2.45) is 0 Å². The molecule has 0 unspecified atom stereocenters. The van der Waals surface area contributed by atoms with Crippen LogP contribution in [-0.4, -0.2) is 47.8 Å². The van der Waals surface area contributed by atoms with Crippen LogP contribution in [0, 0.1) is 0 Å². The number of carbonyl (C=O) groups is 2. The van der Waals surface area contributed by atoms with Gasteiger partial charge in [0.15, 0.2) is 0 Å². The summed E-state index contributed by atoms with van der Waals surface area (Å²) in [6, 6.07) is 7.09. The van der Waals surface area contributed by atoms with Crippen molar-refractivity contribution < 1.29 is 9.59 Å². The SMILES string of the molecule is O=C1c2ccccc2C(=O)N1CCCN1CCCCC1. The molecule has 0 atom stereocenters. The maximum atomic E-state index is 12.2. The lowest BCUT2D eigenvalue weighted by Crippen LogP contribution is -2.35. The van der Waals surface area contributed by atoms with Crippen molar-refractivity contribution in [1.29, 1.82) is 0 Å². The predicted molar refractivity (Wildman–Crippen MR) is 76.7 cm³/mol. The molecule has 0 aromatic heterocycles. The number of rotatable bonds is 4. The molecular weight excluding hydrogens is 252 g/mol. The van der Waals surface area contributed by atoms with E-state index in [4.69, 9.17) is 0 Å². The Balaban J connectivity index is 1.56. The zero-order valence-corrected chi connectivity index (χ0v) is 11.7. The molecule has 0 N–H and O–H groups in total. The zero-order chi connectivity index (χ0) is 13.9.